The predicted octanol–water partition coefficient (Wildman–Crippen LogP) is 0.693. The van der Waals surface area contributed by atoms with Crippen LogP contribution in [-0.4, -0.2) is 31.0 Å². The van der Waals surface area contributed by atoms with E-state index in [1.54, 1.807) is 4.90 Å². The molecule has 5 nitrogen and oxygen atoms in total. The maximum atomic E-state index is 11.8. The lowest BCUT2D eigenvalue weighted by molar-refractivity contribution is -0.128. The number of sulfonamides is 1. The minimum absolute atomic E-state index is 0.0102. The molecule has 1 amide bonds. The maximum Gasteiger partial charge on any atom is 0.224 e. The average Bonchev–Trinajstić information content (AvgIpc) is 2.67. The van der Waals surface area contributed by atoms with Crippen LogP contribution in [0.1, 0.15) is 23.1 Å². The quantitative estimate of drug-likeness (QED) is 0.886. The third kappa shape index (κ3) is 2.96. The fourth-order valence-electron chi connectivity index (χ4n) is 2.30. The van der Waals surface area contributed by atoms with Gasteiger partial charge in [0.05, 0.1) is 0 Å². The van der Waals surface area contributed by atoms with Crippen molar-refractivity contribution in [2.75, 3.05) is 6.54 Å². The molecule has 19 heavy (non-hydrogen) atoms. The highest BCUT2D eigenvalue weighted by molar-refractivity contribution is 7.89. The Morgan fingerprint density at radius 1 is 1.37 bits per heavy atom. The van der Waals surface area contributed by atoms with E-state index in [1.165, 1.54) is 0 Å². The Hall–Kier alpha value is -1.40. The molecule has 1 aliphatic heterocycles. The van der Waals surface area contributed by atoms with Crippen molar-refractivity contribution in [3.63, 3.8) is 0 Å². The van der Waals surface area contributed by atoms with Gasteiger partial charge >= 0.3 is 0 Å². The summed E-state index contributed by atoms with van der Waals surface area (Å²) < 4.78 is 22.6. The Morgan fingerprint density at radius 3 is 2.63 bits per heavy atom. The Bertz CT molecular complexity index is 610. The van der Waals surface area contributed by atoms with E-state index in [-0.39, 0.29) is 18.9 Å². The number of amides is 1. The molecule has 1 aromatic rings. The minimum atomic E-state index is -3.64. The summed E-state index contributed by atoms with van der Waals surface area (Å²) in [6.07, 6.45) is -0.0102. The average molecular weight is 282 g/mol. The van der Waals surface area contributed by atoms with Crippen LogP contribution < -0.4 is 5.14 Å². The molecule has 1 unspecified atom stereocenters. The first-order chi connectivity index (χ1) is 8.79. The molecule has 0 aliphatic carbocycles. The molecule has 1 aliphatic rings. The van der Waals surface area contributed by atoms with E-state index in [9.17, 15) is 13.2 Å². The summed E-state index contributed by atoms with van der Waals surface area (Å²) in [5.41, 5.74) is 3.34. The zero-order valence-corrected chi connectivity index (χ0v) is 11.9. The molecule has 0 saturated carbocycles. The minimum Gasteiger partial charge on any atom is -0.337 e. The molecule has 1 aromatic carbocycles. The molecule has 2 N–H and O–H groups in total. The smallest absolute Gasteiger partial charge is 0.224 e. The van der Waals surface area contributed by atoms with E-state index < -0.39 is 15.3 Å². The number of likely N-dealkylation sites (tertiary alicyclic amines) is 1. The van der Waals surface area contributed by atoms with Crippen LogP contribution in [0.4, 0.5) is 0 Å². The first kappa shape index (κ1) is 14.0. The molecule has 0 bridgehead atoms. The predicted molar refractivity (Wildman–Crippen MR) is 72.8 cm³/mol. The van der Waals surface area contributed by atoms with Crippen LogP contribution >= 0.6 is 0 Å². The van der Waals surface area contributed by atoms with Crippen molar-refractivity contribution >= 4 is 15.9 Å². The number of benzene rings is 1. The van der Waals surface area contributed by atoms with E-state index in [0.29, 0.717) is 6.54 Å². The van der Waals surface area contributed by atoms with Crippen LogP contribution in [0.15, 0.2) is 18.2 Å². The zero-order chi connectivity index (χ0) is 14.2. The van der Waals surface area contributed by atoms with Crippen molar-refractivity contribution in [1.82, 2.24) is 4.90 Å². The first-order valence-electron chi connectivity index (χ1n) is 6.13. The van der Waals surface area contributed by atoms with E-state index >= 15 is 0 Å². The van der Waals surface area contributed by atoms with Gasteiger partial charge in [0.25, 0.3) is 0 Å². The second kappa shape index (κ2) is 4.94. The van der Waals surface area contributed by atoms with Crippen LogP contribution in [0, 0.1) is 13.8 Å². The third-order valence-corrected chi connectivity index (χ3v) is 4.97. The third-order valence-electron chi connectivity index (χ3n) is 3.72. The van der Waals surface area contributed by atoms with Gasteiger partial charge in [-0.2, -0.15) is 0 Å². The summed E-state index contributed by atoms with van der Waals surface area (Å²) in [6, 6.07) is 5.91. The van der Waals surface area contributed by atoms with Gasteiger partial charge in [-0.15, -0.1) is 0 Å². The fraction of sp³-hybridized carbons (Fsp3) is 0.462. The molecule has 1 fully saturated rings. The zero-order valence-electron chi connectivity index (χ0n) is 11.1. The number of nitrogens with two attached hydrogens (primary N) is 1. The van der Waals surface area contributed by atoms with Crippen molar-refractivity contribution < 1.29 is 13.2 Å². The molecule has 1 saturated heterocycles. The molecular formula is C13H18N2O3S. The number of rotatable bonds is 3. The van der Waals surface area contributed by atoms with Gasteiger partial charge in [-0.05, 0) is 30.5 Å². The summed E-state index contributed by atoms with van der Waals surface area (Å²) >= 11 is 0. The van der Waals surface area contributed by atoms with Gasteiger partial charge in [-0.25, -0.2) is 13.6 Å². The van der Waals surface area contributed by atoms with E-state index in [2.05, 4.69) is 0 Å². The lowest BCUT2D eigenvalue weighted by atomic mass is 10.0. The number of hydrogen-bond acceptors (Lipinski definition) is 3. The SMILES string of the molecule is Cc1cccc(CN2CC(S(N)(=O)=O)CC2=O)c1C. The second-order valence-corrected chi connectivity index (χ2v) is 6.89. The molecule has 1 atom stereocenters. The van der Waals surface area contributed by atoms with Crippen molar-refractivity contribution in [2.24, 2.45) is 5.14 Å². The van der Waals surface area contributed by atoms with E-state index in [4.69, 9.17) is 5.14 Å². The highest BCUT2D eigenvalue weighted by Gasteiger charge is 2.36. The highest BCUT2D eigenvalue weighted by Crippen LogP contribution is 2.21. The van der Waals surface area contributed by atoms with Crippen LogP contribution in [-0.2, 0) is 21.4 Å². The monoisotopic (exact) mass is 282 g/mol. The van der Waals surface area contributed by atoms with Crippen LogP contribution in [0.5, 0.6) is 0 Å². The Morgan fingerprint density at radius 2 is 2.05 bits per heavy atom. The van der Waals surface area contributed by atoms with Crippen molar-refractivity contribution in [3.05, 3.63) is 34.9 Å². The molecule has 0 radical (unpaired) electrons. The number of nitrogens with zero attached hydrogens (tertiary/aromatic N) is 1. The van der Waals surface area contributed by atoms with Gasteiger partial charge in [-0.1, -0.05) is 18.2 Å². The standard InChI is InChI=1S/C13H18N2O3S/c1-9-4-3-5-11(10(9)2)7-15-8-12(6-13(15)16)19(14,17)18/h3-5,12H,6-8H2,1-2H3,(H2,14,17,18). The summed E-state index contributed by atoms with van der Waals surface area (Å²) in [6.45, 7) is 4.64. The molecule has 2 rings (SSSR count). The Labute approximate surface area is 113 Å². The van der Waals surface area contributed by atoms with Gasteiger partial charge in [0.1, 0.15) is 5.25 Å². The van der Waals surface area contributed by atoms with Gasteiger partial charge in [0.15, 0.2) is 0 Å². The number of hydrogen-bond donors (Lipinski definition) is 1. The topological polar surface area (TPSA) is 80.5 Å². The second-order valence-electron chi connectivity index (χ2n) is 5.05. The number of aryl methyl sites for hydroxylation is 1. The van der Waals surface area contributed by atoms with Gasteiger partial charge in [-0.3, -0.25) is 4.79 Å². The molecule has 0 aromatic heterocycles. The van der Waals surface area contributed by atoms with E-state index in [1.807, 2.05) is 32.0 Å². The maximum absolute atomic E-state index is 11.8. The van der Waals surface area contributed by atoms with Crippen LogP contribution in [0.2, 0.25) is 0 Å². The molecular weight excluding hydrogens is 264 g/mol. The van der Waals surface area contributed by atoms with Gasteiger partial charge in [0.2, 0.25) is 15.9 Å². The van der Waals surface area contributed by atoms with Crippen molar-refractivity contribution in [2.45, 2.75) is 32.1 Å². The molecule has 1 heterocycles. The number of carbonyl (C=O) groups is 1. The molecule has 0 spiro atoms. The summed E-state index contributed by atoms with van der Waals surface area (Å²) in [5, 5.41) is 4.33. The van der Waals surface area contributed by atoms with Crippen LogP contribution in [0.25, 0.3) is 0 Å². The summed E-state index contributed by atoms with van der Waals surface area (Å²) in [5.74, 6) is -0.153. The lowest BCUT2D eigenvalue weighted by Gasteiger charge is -2.18. The Balaban J connectivity index is 2.17. The van der Waals surface area contributed by atoms with Crippen LogP contribution in [0.3, 0.4) is 0 Å². The lowest BCUT2D eigenvalue weighted by Crippen LogP contribution is -2.32. The summed E-state index contributed by atoms with van der Waals surface area (Å²) in [4.78, 5) is 13.4. The number of primary sulfonamides is 1. The molecule has 6 heteroatoms. The van der Waals surface area contributed by atoms with Gasteiger partial charge in [0, 0.05) is 19.5 Å². The number of carbonyl (C=O) groups excluding carboxylic acids is 1. The Kier molecular flexibility index (Phi) is 3.64. The van der Waals surface area contributed by atoms with Gasteiger partial charge < -0.3 is 4.90 Å². The molecule has 104 valence electrons. The largest absolute Gasteiger partial charge is 0.337 e. The van der Waals surface area contributed by atoms with Crippen molar-refractivity contribution in [1.29, 1.82) is 0 Å². The fourth-order valence-corrected chi connectivity index (χ4v) is 3.06. The van der Waals surface area contributed by atoms with E-state index in [0.717, 1.165) is 16.7 Å². The first-order valence-corrected chi connectivity index (χ1v) is 7.74. The van der Waals surface area contributed by atoms with Crippen molar-refractivity contribution in [3.8, 4) is 0 Å². The highest BCUT2D eigenvalue weighted by atomic mass is 32.2. The normalized spacial score (nSPS) is 20.1. The summed E-state index contributed by atoms with van der Waals surface area (Å²) in [7, 11) is -3.64.